The first-order chi connectivity index (χ1) is 20.5. The Morgan fingerprint density at radius 2 is 1.72 bits per heavy atom. The average Bonchev–Trinajstić information content (AvgIpc) is 2.99. The molecule has 2 aromatic rings. The highest BCUT2D eigenvalue weighted by molar-refractivity contribution is 5.90. The monoisotopic (exact) mass is 593 g/mol. The van der Waals surface area contributed by atoms with Gasteiger partial charge in [0.05, 0.1) is 23.4 Å². The van der Waals surface area contributed by atoms with Gasteiger partial charge in [-0.2, -0.15) is 0 Å². The SMILES string of the molecule is CC(C)[C@H]1OC(=O)CC[C@@H](O)CC/C=C/c2ccc3ccc(nc3c2)[C@@H](C)NC(=O)C2CCCN(N2)C(=O)[C@H](C)NC1=O. The first-order valence-electron chi connectivity index (χ1n) is 15.1. The van der Waals surface area contributed by atoms with Crippen molar-refractivity contribution in [3.8, 4) is 0 Å². The molecule has 1 saturated heterocycles. The average molecular weight is 594 g/mol. The Labute approximate surface area is 252 Å². The predicted molar refractivity (Wildman–Crippen MR) is 162 cm³/mol. The summed E-state index contributed by atoms with van der Waals surface area (Å²) >= 11 is 0. The number of pyridine rings is 1. The van der Waals surface area contributed by atoms with Crippen LogP contribution in [-0.2, 0) is 23.9 Å². The van der Waals surface area contributed by atoms with E-state index in [9.17, 15) is 24.3 Å². The molecule has 2 aliphatic rings. The molecule has 0 radical (unpaired) electrons. The number of cyclic esters (lactones) is 1. The van der Waals surface area contributed by atoms with Gasteiger partial charge in [-0.15, -0.1) is 0 Å². The van der Waals surface area contributed by atoms with E-state index in [-0.39, 0.29) is 30.7 Å². The highest BCUT2D eigenvalue weighted by atomic mass is 16.5. The van der Waals surface area contributed by atoms with Crippen LogP contribution in [0.5, 0.6) is 0 Å². The van der Waals surface area contributed by atoms with Gasteiger partial charge in [0.1, 0.15) is 12.1 Å². The zero-order chi connectivity index (χ0) is 31.1. The molecular weight excluding hydrogens is 550 g/mol. The molecule has 232 valence electrons. The maximum Gasteiger partial charge on any atom is 0.306 e. The Balaban J connectivity index is 1.55. The Hall–Kier alpha value is -3.83. The molecule has 1 aromatic carbocycles. The predicted octanol–water partition coefficient (Wildman–Crippen LogP) is 2.93. The van der Waals surface area contributed by atoms with Gasteiger partial charge in [0.2, 0.25) is 5.91 Å². The molecule has 0 spiro atoms. The Bertz CT molecular complexity index is 1360. The van der Waals surface area contributed by atoms with Crippen LogP contribution in [0.4, 0.5) is 0 Å². The molecule has 3 heterocycles. The van der Waals surface area contributed by atoms with Crippen molar-refractivity contribution in [3.63, 3.8) is 0 Å². The second-order valence-corrected chi connectivity index (χ2v) is 11.8. The van der Waals surface area contributed by atoms with Gasteiger partial charge in [-0.1, -0.05) is 44.2 Å². The lowest BCUT2D eigenvalue weighted by atomic mass is 10.1. The molecule has 5 bridgehead atoms. The molecule has 5 atom stereocenters. The lowest BCUT2D eigenvalue weighted by Gasteiger charge is -2.35. The molecule has 4 rings (SSSR count). The van der Waals surface area contributed by atoms with Gasteiger partial charge in [-0.3, -0.25) is 29.2 Å². The molecule has 0 saturated carbocycles. The minimum Gasteiger partial charge on any atom is -0.452 e. The van der Waals surface area contributed by atoms with Crippen molar-refractivity contribution in [3.05, 3.63) is 47.7 Å². The topological polar surface area (TPSA) is 150 Å². The number of benzene rings is 1. The zero-order valence-corrected chi connectivity index (χ0v) is 25.3. The maximum absolute atomic E-state index is 13.2. The quantitative estimate of drug-likeness (QED) is 0.369. The fraction of sp³-hybridized carbons (Fsp3) is 0.531. The number of ether oxygens (including phenoxy) is 1. The molecule has 4 N–H and O–H groups in total. The number of hydrogen-bond donors (Lipinski definition) is 4. The van der Waals surface area contributed by atoms with Crippen LogP contribution in [0.3, 0.4) is 0 Å². The largest absolute Gasteiger partial charge is 0.452 e. The van der Waals surface area contributed by atoms with E-state index in [1.54, 1.807) is 20.8 Å². The summed E-state index contributed by atoms with van der Waals surface area (Å²) in [5, 5.41) is 18.4. The third-order valence-corrected chi connectivity index (χ3v) is 7.82. The third kappa shape index (κ3) is 8.61. The molecule has 1 unspecified atom stereocenters. The number of amides is 3. The number of esters is 1. The summed E-state index contributed by atoms with van der Waals surface area (Å²) in [7, 11) is 0. The number of hydrazine groups is 1. The summed E-state index contributed by atoms with van der Waals surface area (Å²) in [6.45, 7) is 7.31. The second-order valence-electron chi connectivity index (χ2n) is 11.8. The van der Waals surface area contributed by atoms with Crippen molar-refractivity contribution in [2.24, 2.45) is 5.92 Å². The normalized spacial score (nSPS) is 27.8. The molecule has 11 heteroatoms. The molecule has 2 aliphatic heterocycles. The fourth-order valence-electron chi connectivity index (χ4n) is 5.24. The van der Waals surface area contributed by atoms with E-state index in [0.29, 0.717) is 37.9 Å². The number of nitrogens with zero attached hydrogens (tertiary/aromatic N) is 2. The number of aliphatic hydroxyl groups excluding tert-OH is 1. The first-order valence-corrected chi connectivity index (χ1v) is 15.1. The third-order valence-electron chi connectivity index (χ3n) is 7.82. The Morgan fingerprint density at radius 3 is 2.49 bits per heavy atom. The van der Waals surface area contributed by atoms with E-state index in [2.05, 4.69) is 16.1 Å². The van der Waals surface area contributed by atoms with Crippen LogP contribution in [0.25, 0.3) is 17.0 Å². The summed E-state index contributed by atoms with van der Waals surface area (Å²) in [6, 6.07) is 7.91. The van der Waals surface area contributed by atoms with Gasteiger partial charge in [0, 0.05) is 18.4 Å². The standard InChI is InChI=1S/C32H43N5O6/c1-19(2)29-31(41)34-21(4)32(42)37-17-7-10-26(36-37)30(40)33-20(3)25-15-13-23-12-11-22(18-27(23)35-25)8-5-6-9-24(38)14-16-28(39)43-29/h5,8,11-13,15,18-21,24,26,29,36,38H,6-7,9-10,14,16-17H2,1-4H3,(H,33,40)(H,34,41)/b8-5+/t20-,21+,24+,26?,29-/m1/s1. The van der Waals surface area contributed by atoms with E-state index in [4.69, 9.17) is 9.72 Å². The minimum absolute atomic E-state index is 0.0336. The Morgan fingerprint density at radius 1 is 0.977 bits per heavy atom. The number of carbonyl (C=O) groups is 4. The molecule has 43 heavy (non-hydrogen) atoms. The van der Waals surface area contributed by atoms with Crippen LogP contribution in [0.15, 0.2) is 36.4 Å². The van der Waals surface area contributed by atoms with Gasteiger partial charge in [0.15, 0.2) is 6.10 Å². The number of allylic oxidation sites excluding steroid dienone is 1. The first kappa shape index (κ1) is 32.1. The van der Waals surface area contributed by atoms with Gasteiger partial charge in [-0.05, 0) is 69.6 Å². The Kier molecular flexibility index (Phi) is 10.9. The van der Waals surface area contributed by atoms with Gasteiger partial charge in [-0.25, -0.2) is 5.43 Å². The number of carbonyl (C=O) groups excluding carboxylic acids is 4. The molecule has 1 fully saturated rings. The summed E-state index contributed by atoms with van der Waals surface area (Å²) in [5.41, 5.74) is 5.49. The molecule has 11 nitrogen and oxygen atoms in total. The number of aromatic nitrogens is 1. The summed E-state index contributed by atoms with van der Waals surface area (Å²) < 4.78 is 5.47. The van der Waals surface area contributed by atoms with Gasteiger partial charge >= 0.3 is 5.97 Å². The van der Waals surface area contributed by atoms with Crippen molar-refractivity contribution in [2.45, 2.75) is 96.6 Å². The van der Waals surface area contributed by atoms with Crippen LogP contribution in [0.1, 0.15) is 83.5 Å². The molecule has 0 aliphatic carbocycles. The smallest absolute Gasteiger partial charge is 0.306 e. The van der Waals surface area contributed by atoms with Crippen LogP contribution in [0.2, 0.25) is 0 Å². The van der Waals surface area contributed by atoms with Crippen molar-refractivity contribution < 1.29 is 29.0 Å². The number of aliphatic hydroxyl groups is 1. The van der Waals surface area contributed by atoms with Crippen LogP contribution >= 0.6 is 0 Å². The number of hydrogen-bond acceptors (Lipinski definition) is 8. The number of nitrogens with one attached hydrogen (secondary N) is 3. The lowest BCUT2D eigenvalue weighted by molar-refractivity contribution is -0.160. The van der Waals surface area contributed by atoms with E-state index in [0.717, 1.165) is 16.5 Å². The highest BCUT2D eigenvalue weighted by Gasteiger charge is 2.33. The van der Waals surface area contributed by atoms with Crippen molar-refractivity contribution in [1.29, 1.82) is 0 Å². The van der Waals surface area contributed by atoms with E-state index < -0.39 is 42.1 Å². The van der Waals surface area contributed by atoms with Crippen molar-refractivity contribution >= 4 is 40.7 Å². The van der Waals surface area contributed by atoms with Gasteiger partial charge in [0.25, 0.3) is 11.8 Å². The molecule has 1 aromatic heterocycles. The highest BCUT2D eigenvalue weighted by Crippen LogP contribution is 2.20. The van der Waals surface area contributed by atoms with Crippen LogP contribution in [0, 0.1) is 5.92 Å². The molecular formula is C32H43N5O6. The number of fused-ring (bicyclic) bond motifs is 4. The van der Waals surface area contributed by atoms with E-state index in [1.807, 2.05) is 49.4 Å². The summed E-state index contributed by atoms with van der Waals surface area (Å²) in [6.07, 6.45) is 4.56. The van der Waals surface area contributed by atoms with Crippen LogP contribution < -0.4 is 16.1 Å². The summed E-state index contributed by atoms with van der Waals surface area (Å²) in [5.74, 6) is -2.15. The van der Waals surface area contributed by atoms with Crippen molar-refractivity contribution in [1.82, 2.24) is 26.1 Å². The zero-order valence-electron chi connectivity index (χ0n) is 25.3. The van der Waals surface area contributed by atoms with E-state index >= 15 is 0 Å². The number of rotatable bonds is 1. The van der Waals surface area contributed by atoms with Gasteiger partial charge < -0.3 is 20.5 Å². The lowest BCUT2D eigenvalue weighted by Crippen LogP contribution is -2.61. The summed E-state index contributed by atoms with van der Waals surface area (Å²) in [4.78, 5) is 56.8. The fourth-order valence-corrected chi connectivity index (χ4v) is 5.24. The minimum atomic E-state index is -1.09. The van der Waals surface area contributed by atoms with E-state index in [1.165, 1.54) is 5.01 Å². The maximum atomic E-state index is 13.2. The second kappa shape index (κ2) is 14.6. The van der Waals surface area contributed by atoms with Crippen molar-refractivity contribution in [2.75, 3.05) is 6.54 Å². The van der Waals surface area contributed by atoms with Crippen LogP contribution in [-0.4, -0.2) is 69.6 Å². The molecule has 3 amide bonds.